The molecular weight excluding hydrogens is 196 g/mol. The van der Waals surface area contributed by atoms with Crippen molar-refractivity contribution >= 4 is 28.2 Å². The molecule has 1 N–H and O–H groups in total. The van der Waals surface area contributed by atoms with E-state index in [2.05, 4.69) is 10.3 Å². The number of aryl methyl sites for hydroxylation is 1. The Bertz CT molecular complexity index is 480. The molecule has 0 amide bonds. The SMILES string of the molecule is CNc1ccnc2c(C)cc(Cl)cc12. The smallest absolute Gasteiger partial charge is 0.0752 e. The van der Waals surface area contributed by atoms with Crippen molar-refractivity contribution in [2.45, 2.75) is 6.92 Å². The second-order valence-corrected chi connectivity index (χ2v) is 3.66. The van der Waals surface area contributed by atoms with Gasteiger partial charge in [-0.25, -0.2) is 0 Å². The molecule has 0 unspecified atom stereocenters. The third-order valence-electron chi connectivity index (χ3n) is 2.27. The van der Waals surface area contributed by atoms with Crippen LogP contribution in [0.1, 0.15) is 5.56 Å². The number of hydrogen-bond acceptors (Lipinski definition) is 2. The highest BCUT2D eigenvalue weighted by atomic mass is 35.5. The van der Waals surface area contributed by atoms with Gasteiger partial charge in [-0.15, -0.1) is 0 Å². The second-order valence-electron chi connectivity index (χ2n) is 3.23. The summed E-state index contributed by atoms with van der Waals surface area (Å²) >= 11 is 6.00. The summed E-state index contributed by atoms with van der Waals surface area (Å²) in [6, 6.07) is 5.80. The molecule has 0 saturated heterocycles. The Morgan fingerprint density at radius 2 is 2.14 bits per heavy atom. The van der Waals surface area contributed by atoms with Crippen LogP contribution in [0.25, 0.3) is 10.9 Å². The quantitative estimate of drug-likeness (QED) is 0.775. The molecule has 1 heterocycles. The fraction of sp³-hybridized carbons (Fsp3) is 0.182. The number of anilines is 1. The molecule has 0 aliphatic carbocycles. The molecule has 2 rings (SSSR count). The lowest BCUT2D eigenvalue weighted by molar-refractivity contribution is 1.36. The Labute approximate surface area is 87.9 Å². The van der Waals surface area contributed by atoms with Gasteiger partial charge in [-0.1, -0.05) is 11.6 Å². The van der Waals surface area contributed by atoms with Crippen LogP contribution in [0, 0.1) is 6.92 Å². The minimum atomic E-state index is 0.750. The van der Waals surface area contributed by atoms with E-state index in [-0.39, 0.29) is 0 Å². The number of benzene rings is 1. The van der Waals surface area contributed by atoms with Crippen LogP contribution in [-0.2, 0) is 0 Å². The van der Waals surface area contributed by atoms with Gasteiger partial charge in [-0.3, -0.25) is 4.98 Å². The van der Waals surface area contributed by atoms with Crippen molar-refractivity contribution < 1.29 is 0 Å². The number of hydrogen-bond donors (Lipinski definition) is 1. The van der Waals surface area contributed by atoms with Crippen LogP contribution in [-0.4, -0.2) is 12.0 Å². The van der Waals surface area contributed by atoms with Crippen molar-refractivity contribution in [3.8, 4) is 0 Å². The summed E-state index contributed by atoms with van der Waals surface area (Å²) < 4.78 is 0. The molecule has 0 spiro atoms. The first-order chi connectivity index (χ1) is 6.72. The van der Waals surface area contributed by atoms with Crippen LogP contribution in [0.2, 0.25) is 5.02 Å². The molecule has 0 aliphatic rings. The van der Waals surface area contributed by atoms with Gasteiger partial charge in [0.25, 0.3) is 0 Å². The van der Waals surface area contributed by atoms with Gasteiger partial charge in [0.1, 0.15) is 0 Å². The van der Waals surface area contributed by atoms with Crippen LogP contribution < -0.4 is 5.32 Å². The Balaban J connectivity index is 2.86. The molecule has 2 nitrogen and oxygen atoms in total. The zero-order valence-electron chi connectivity index (χ0n) is 8.13. The highest BCUT2D eigenvalue weighted by Crippen LogP contribution is 2.27. The zero-order valence-corrected chi connectivity index (χ0v) is 8.89. The summed E-state index contributed by atoms with van der Waals surface area (Å²) in [6.07, 6.45) is 1.80. The highest BCUT2D eigenvalue weighted by Gasteiger charge is 2.04. The van der Waals surface area contributed by atoms with E-state index in [4.69, 9.17) is 11.6 Å². The van der Waals surface area contributed by atoms with E-state index in [9.17, 15) is 0 Å². The molecule has 0 radical (unpaired) electrons. The van der Waals surface area contributed by atoms with Crippen molar-refractivity contribution in [3.63, 3.8) is 0 Å². The lowest BCUT2D eigenvalue weighted by atomic mass is 10.1. The van der Waals surface area contributed by atoms with Crippen LogP contribution in [0.15, 0.2) is 24.4 Å². The van der Waals surface area contributed by atoms with E-state index < -0.39 is 0 Å². The standard InChI is InChI=1S/C11H11ClN2/c1-7-5-8(12)6-9-10(13-2)3-4-14-11(7)9/h3-6H,1-2H3,(H,13,14). The van der Waals surface area contributed by atoms with Gasteiger partial charge in [-0.05, 0) is 30.7 Å². The maximum Gasteiger partial charge on any atom is 0.0752 e. The first-order valence-corrected chi connectivity index (χ1v) is 4.83. The third kappa shape index (κ3) is 1.42. The number of nitrogens with one attached hydrogen (secondary N) is 1. The lowest BCUT2D eigenvalue weighted by Gasteiger charge is -2.07. The first-order valence-electron chi connectivity index (χ1n) is 4.45. The van der Waals surface area contributed by atoms with Crippen LogP contribution in [0.5, 0.6) is 0 Å². The van der Waals surface area contributed by atoms with Gasteiger partial charge in [0.2, 0.25) is 0 Å². The minimum Gasteiger partial charge on any atom is -0.388 e. The van der Waals surface area contributed by atoms with Crippen LogP contribution in [0.4, 0.5) is 5.69 Å². The fourth-order valence-electron chi connectivity index (χ4n) is 1.61. The van der Waals surface area contributed by atoms with E-state index in [0.717, 1.165) is 27.2 Å². The monoisotopic (exact) mass is 206 g/mol. The molecule has 0 fully saturated rings. The van der Waals surface area contributed by atoms with Crippen molar-refractivity contribution in [2.24, 2.45) is 0 Å². The average molecular weight is 207 g/mol. The summed E-state index contributed by atoms with van der Waals surface area (Å²) in [5.74, 6) is 0. The van der Waals surface area contributed by atoms with Crippen molar-refractivity contribution in [2.75, 3.05) is 12.4 Å². The molecule has 2 aromatic rings. The number of aromatic nitrogens is 1. The molecule has 3 heteroatoms. The topological polar surface area (TPSA) is 24.9 Å². The highest BCUT2D eigenvalue weighted by molar-refractivity contribution is 6.31. The predicted molar refractivity (Wildman–Crippen MR) is 61.0 cm³/mol. The minimum absolute atomic E-state index is 0.750. The van der Waals surface area contributed by atoms with Crippen molar-refractivity contribution in [1.82, 2.24) is 4.98 Å². The Morgan fingerprint density at radius 1 is 1.36 bits per heavy atom. The van der Waals surface area contributed by atoms with Crippen LogP contribution in [0.3, 0.4) is 0 Å². The van der Waals surface area contributed by atoms with Gasteiger partial charge in [-0.2, -0.15) is 0 Å². The van der Waals surface area contributed by atoms with Gasteiger partial charge in [0.05, 0.1) is 5.52 Å². The van der Waals surface area contributed by atoms with Gasteiger partial charge in [0, 0.05) is 29.3 Å². The van der Waals surface area contributed by atoms with Crippen molar-refractivity contribution in [3.05, 3.63) is 35.0 Å². The molecule has 1 aromatic carbocycles. The van der Waals surface area contributed by atoms with Crippen molar-refractivity contribution in [1.29, 1.82) is 0 Å². The fourth-order valence-corrected chi connectivity index (χ4v) is 1.88. The molecule has 0 aliphatic heterocycles. The van der Waals surface area contributed by atoms with E-state index in [1.807, 2.05) is 32.2 Å². The molecule has 14 heavy (non-hydrogen) atoms. The Morgan fingerprint density at radius 3 is 2.86 bits per heavy atom. The Hall–Kier alpha value is -1.28. The molecule has 0 atom stereocenters. The second kappa shape index (κ2) is 3.46. The first kappa shape index (κ1) is 9.28. The lowest BCUT2D eigenvalue weighted by Crippen LogP contribution is -1.92. The predicted octanol–water partition coefficient (Wildman–Crippen LogP) is 3.24. The molecular formula is C11H11ClN2. The van der Waals surface area contributed by atoms with Gasteiger partial charge in [0.15, 0.2) is 0 Å². The normalized spacial score (nSPS) is 10.5. The summed E-state index contributed by atoms with van der Waals surface area (Å²) in [5, 5.41) is 4.94. The number of pyridine rings is 1. The largest absolute Gasteiger partial charge is 0.388 e. The Kier molecular flexibility index (Phi) is 2.30. The molecule has 0 bridgehead atoms. The van der Waals surface area contributed by atoms with E-state index in [0.29, 0.717) is 0 Å². The van der Waals surface area contributed by atoms with E-state index >= 15 is 0 Å². The number of fused-ring (bicyclic) bond motifs is 1. The van der Waals surface area contributed by atoms with Gasteiger partial charge >= 0.3 is 0 Å². The average Bonchev–Trinajstić information content (AvgIpc) is 2.17. The summed E-state index contributed by atoms with van der Waals surface area (Å²) in [4.78, 5) is 4.33. The maximum absolute atomic E-state index is 6.00. The zero-order chi connectivity index (χ0) is 10.1. The van der Waals surface area contributed by atoms with Crippen LogP contribution >= 0.6 is 11.6 Å². The summed E-state index contributed by atoms with van der Waals surface area (Å²) in [5.41, 5.74) is 3.16. The van der Waals surface area contributed by atoms with E-state index in [1.165, 1.54) is 0 Å². The molecule has 0 saturated carbocycles. The molecule has 72 valence electrons. The molecule has 1 aromatic heterocycles. The van der Waals surface area contributed by atoms with Gasteiger partial charge < -0.3 is 5.32 Å². The number of rotatable bonds is 1. The summed E-state index contributed by atoms with van der Waals surface area (Å²) in [7, 11) is 1.89. The third-order valence-corrected chi connectivity index (χ3v) is 2.49. The number of halogens is 1. The maximum atomic E-state index is 6.00. The van der Waals surface area contributed by atoms with E-state index in [1.54, 1.807) is 6.20 Å². The number of nitrogens with zero attached hydrogens (tertiary/aromatic N) is 1. The summed E-state index contributed by atoms with van der Waals surface area (Å²) in [6.45, 7) is 2.01.